The molecule has 0 saturated heterocycles. The second-order valence-electron chi connectivity index (χ2n) is 5.11. The van der Waals surface area contributed by atoms with Gasteiger partial charge < -0.3 is 5.32 Å². The Kier molecular flexibility index (Phi) is 3.60. The lowest BCUT2D eigenvalue weighted by atomic mass is 10.1. The van der Waals surface area contributed by atoms with Gasteiger partial charge in [-0.05, 0) is 20.8 Å². The van der Waals surface area contributed by atoms with E-state index in [9.17, 15) is 0 Å². The van der Waals surface area contributed by atoms with Gasteiger partial charge in [0.2, 0.25) is 0 Å². The number of nitrogens with zero attached hydrogens (tertiary/aromatic N) is 1. The second-order valence-corrected chi connectivity index (χ2v) is 5.97. The fraction of sp³-hybridized carbons (Fsp3) is 0.357. The van der Waals surface area contributed by atoms with Crippen LogP contribution in [0.2, 0.25) is 0 Å². The molecule has 0 spiro atoms. The maximum Gasteiger partial charge on any atom is 0.123 e. The lowest BCUT2D eigenvalue weighted by Gasteiger charge is -2.19. The highest BCUT2D eigenvalue weighted by molar-refractivity contribution is 7.13. The van der Waals surface area contributed by atoms with Crippen molar-refractivity contribution >= 4 is 11.3 Å². The molecule has 0 saturated carbocycles. The number of thiazole rings is 1. The van der Waals surface area contributed by atoms with Crippen LogP contribution in [0.25, 0.3) is 10.6 Å². The van der Waals surface area contributed by atoms with Crippen LogP contribution in [0.15, 0.2) is 35.7 Å². The van der Waals surface area contributed by atoms with Crippen LogP contribution in [-0.2, 0) is 6.54 Å². The van der Waals surface area contributed by atoms with Gasteiger partial charge in [-0.3, -0.25) is 0 Å². The summed E-state index contributed by atoms with van der Waals surface area (Å²) in [5, 5.41) is 6.67. The first-order valence-electron chi connectivity index (χ1n) is 5.79. The summed E-state index contributed by atoms with van der Waals surface area (Å²) in [7, 11) is 0. The molecule has 0 aliphatic rings. The van der Waals surface area contributed by atoms with Crippen molar-refractivity contribution in [3.8, 4) is 10.6 Å². The van der Waals surface area contributed by atoms with Gasteiger partial charge in [0.05, 0.1) is 5.69 Å². The zero-order valence-electron chi connectivity index (χ0n) is 10.5. The van der Waals surface area contributed by atoms with E-state index in [-0.39, 0.29) is 5.54 Å². The van der Waals surface area contributed by atoms with Gasteiger partial charge in [0.1, 0.15) is 5.01 Å². The molecule has 0 aliphatic heterocycles. The minimum Gasteiger partial charge on any atom is -0.306 e. The van der Waals surface area contributed by atoms with Crippen LogP contribution in [0.3, 0.4) is 0 Å². The molecule has 2 aromatic rings. The van der Waals surface area contributed by atoms with Crippen molar-refractivity contribution in [2.24, 2.45) is 0 Å². The van der Waals surface area contributed by atoms with Crippen LogP contribution in [0.1, 0.15) is 26.5 Å². The normalized spacial score (nSPS) is 11.7. The van der Waals surface area contributed by atoms with E-state index in [1.807, 2.05) is 18.2 Å². The molecule has 0 amide bonds. The number of rotatable bonds is 3. The molecule has 0 bridgehead atoms. The molecule has 1 heterocycles. The number of hydrogen-bond acceptors (Lipinski definition) is 3. The van der Waals surface area contributed by atoms with E-state index < -0.39 is 0 Å². The summed E-state index contributed by atoms with van der Waals surface area (Å²) in [5.74, 6) is 0. The largest absolute Gasteiger partial charge is 0.306 e. The smallest absolute Gasteiger partial charge is 0.123 e. The van der Waals surface area contributed by atoms with Gasteiger partial charge in [0.25, 0.3) is 0 Å². The Balaban J connectivity index is 2.07. The minimum absolute atomic E-state index is 0.135. The number of benzene rings is 1. The fourth-order valence-corrected chi connectivity index (χ4v) is 2.28. The van der Waals surface area contributed by atoms with Crippen molar-refractivity contribution in [2.45, 2.75) is 32.9 Å². The number of nitrogens with one attached hydrogen (secondary N) is 1. The zero-order chi connectivity index (χ0) is 12.3. The average molecular weight is 246 g/mol. The van der Waals surface area contributed by atoms with E-state index in [2.05, 4.69) is 48.6 Å². The lowest BCUT2D eigenvalue weighted by molar-refractivity contribution is 0.422. The molecular formula is C14H18N2S. The molecule has 1 aromatic heterocycles. The maximum absolute atomic E-state index is 4.64. The molecule has 0 fully saturated rings. The molecule has 0 aliphatic carbocycles. The Morgan fingerprint density at radius 1 is 1.18 bits per heavy atom. The van der Waals surface area contributed by atoms with Gasteiger partial charge in [0, 0.05) is 23.0 Å². The van der Waals surface area contributed by atoms with Gasteiger partial charge in [-0.15, -0.1) is 11.3 Å². The van der Waals surface area contributed by atoms with Crippen LogP contribution in [-0.4, -0.2) is 10.5 Å². The van der Waals surface area contributed by atoms with Crippen LogP contribution < -0.4 is 5.32 Å². The fourth-order valence-electron chi connectivity index (χ4n) is 1.46. The molecule has 0 radical (unpaired) electrons. The molecule has 1 N–H and O–H groups in total. The third-order valence-electron chi connectivity index (χ3n) is 2.37. The van der Waals surface area contributed by atoms with E-state index in [1.165, 1.54) is 5.56 Å². The minimum atomic E-state index is 0.135. The summed E-state index contributed by atoms with van der Waals surface area (Å²) in [5.41, 5.74) is 2.44. The molecular weight excluding hydrogens is 228 g/mol. The van der Waals surface area contributed by atoms with Crippen LogP contribution >= 0.6 is 11.3 Å². The quantitative estimate of drug-likeness (QED) is 0.893. The third kappa shape index (κ3) is 3.65. The topological polar surface area (TPSA) is 24.9 Å². The van der Waals surface area contributed by atoms with E-state index in [4.69, 9.17) is 0 Å². The summed E-state index contributed by atoms with van der Waals surface area (Å²) in [6.45, 7) is 7.32. The Bertz CT molecular complexity index is 468. The summed E-state index contributed by atoms with van der Waals surface area (Å²) < 4.78 is 0. The number of aromatic nitrogens is 1. The number of hydrogen-bond donors (Lipinski definition) is 1. The van der Waals surface area contributed by atoms with Gasteiger partial charge in [-0.25, -0.2) is 4.98 Å². The highest BCUT2D eigenvalue weighted by Crippen LogP contribution is 2.23. The van der Waals surface area contributed by atoms with Crippen LogP contribution in [0, 0.1) is 0 Å². The second kappa shape index (κ2) is 4.98. The Labute approximate surface area is 107 Å². The maximum atomic E-state index is 4.64. The van der Waals surface area contributed by atoms with Crippen molar-refractivity contribution < 1.29 is 0 Å². The van der Waals surface area contributed by atoms with E-state index >= 15 is 0 Å². The predicted molar refractivity (Wildman–Crippen MR) is 74.1 cm³/mol. The summed E-state index contributed by atoms with van der Waals surface area (Å²) in [6.07, 6.45) is 0. The SMILES string of the molecule is CC(C)(C)NCc1csc(-c2ccccc2)n1. The molecule has 2 nitrogen and oxygen atoms in total. The average Bonchev–Trinajstić information content (AvgIpc) is 2.75. The van der Waals surface area contributed by atoms with Gasteiger partial charge >= 0.3 is 0 Å². The Morgan fingerprint density at radius 3 is 2.53 bits per heavy atom. The summed E-state index contributed by atoms with van der Waals surface area (Å²) in [4.78, 5) is 4.64. The van der Waals surface area contributed by atoms with Crippen molar-refractivity contribution in [3.63, 3.8) is 0 Å². The highest BCUT2D eigenvalue weighted by atomic mass is 32.1. The van der Waals surface area contributed by atoms with Crippen LogP contribution in [0.4, 0.5) is 0 Å². The molecule has 90 valence electrons. The van der Waals surface area contributed by atoms with Crippen molar-refractivity contribution in [1.29, 1.82) is 0 Å². The lowest BCUT2D eigenvalue weighted by Crippen LogP contribution is -2.35. The van der Waals surface area contributed by atoms with Crippen molar-refractivity contribution in [3.05, 3.63) is 41.4 Å². The van der Waals surface area contributed by atoms with Gasteiger partial charge in [-0.1, -0.05) is 30.3 Å². The third-order valence-corrected chi connectivity index (χ3v) is 3.31. The first kappa shape index (κ1) is 12.3. The van der Waals surface area contributed by atoms with Gasteiger partial charge in [-0.2, -0.15) is 0 Å². The molecule has 2 rings (SSSR count). The van der Waals surface area contributed by atoms with Gasteiger partial charge in [0.15, 0.2) is 0 Å². The first-order chi connectivity index (χ1) is 8.04. The molecule has 0 atom stereocenters. The standard InChI is InChI=1S/C14H18N2S/c1-14(2,3)15-9-12-10-17-13(16-12)11-7-5-4-6-8-11/h4-8,10,15H,9H2,1-3H3. The monoisotopic (exact) mass is 246 g/mol. The Morgan fingerprint density at radius 2 is 1.88 bits per heavy atom. The van der Waals surface area contributed by atoms with E-state index in [0.29, 0.717) is 0 Å². The molecule has 0 unspecified atom stereocenters. The van der Waals surface area contributed by atoms with E-state index in [0.717, 1.165) is 17.2 Å². The van der Waals surface area contributed by atoms with Crippen molar-refractivity contribution in [2.75, 3.05) is 0 Å². The highest BCUT2D eigenvalue weighted by Gasteiger charge is 2.10. The molecule has 1 aromatic carbocycles. The first-order valence-corrected chi connectivity index (χ1v) is 6.67. The molecule has 3 heteroatoms. The zero-order valence-corrected chi connectivity index (χ0v) is 11.3. The van der Waals surface area contributed by atoms with E-state index in [1.54, 1.807) is 11.3 Å². The van der Waals surface area contributed by atoms with Crippen LogP contribution in [0.5, 0.6) is 0 Å². The summed E-state index contributed by atoms with van der Waals surface area (Å²) >= 11 is 1.70. The predicted octanol–water partition coefficient (Wildman–Crippen LogP) is 3.70. The van der Waals surface area contributed by atoms with Crippen molar-refractivity contribution in [1.82, 2.24) is 10.3 Å². The molecule has 17 heavy (non-hydrogen) atoms. The summed E-state index contributed by atoms with van der Waals surface area (Å²) in [6, 6.07) is 10.3. The Hall–Kier alpha value is -1.19.